The maximum Gasteiger partial charge on any atom is 0.233 e. The molecule has 0 aromatic rings. The summed E-state index contributed by atoms with van der Waals surface area (Å²) in [6.45, 7) is 5.86. The summed E-state index contributed by atoms with van der Waals surface area (Å²) in [5, 5.41) is 2.91. The third kappa shape index (κ3) is 2.92. The minimum absolute atomic E-state index is 0.0444. The highest BCUT2D eigenvalue weighted by Crippen LogP contribution is 2.31. The van der Waals surface area contributed by atoms with E-state index in [-0.39, 0.29) is 10.9 Å². The van der Waals surface area contributed by atoms with E-state index in [1.54, 1.807) is 0 Å². The van der Waals surface area contributed by atoms with Crippen LogP contribution in [0.5, 0.6) is 0 Å². The molecule has 0 radical (unpaired) electrons. The van der Waals surface area contributed by atoms with Crippen molar-refractivity contribution in [1.82, 2.24) is 5.32 Å². The summed E-state index contributed by atoms with van der Waals surface area (Å²) in [4.78, 5) is 12.4. The predicted molar refractivity (Wildman–Crippen MR) is 67.1 cm³/mol. The number of carbonyl (C=O) groups excluding carboxylic acids is 1. The Morgan fingerprint density at radius 1 is 1.50 bits per heavy atom. The number of hydrogen-bond donors (Lipinski definition) is 2. The highest BCUT2D eigenvalue weighted by Gasteiger charge is 2.42. The van der Waals surface area contributed by atoms with E-state index in [1.165, 1.54) is 0 Å². The Hall–Kier alpha value is -0.680. The molecule has 4 nitrogen and oxygen atoms in total. The number of carbonyl (C=O) groups is 1. The molecule has 0 aromatic heterocycles. The van der Waals surface area contributed by atoms with Gasteiger partial charge in [-0.25, -0.2) is 0 Å². The number of nitrogens with two attached hydrogens (primary N) is 1. The zero-order valence-electron chi connectivity index (χ0n) is 9.91. The van der Waals surface area contributed by atoms with Crippen LogP contribution >= 0.6 is 12.2 Å². The molecule has 92 valence electrons. The smallest absolute Gasteiger partial charge is 0.233 e. The number of ether oxygens (including phenoxy) is 1. The minimum atomic E-state index is -0.692. The molecule has 1 aliphatic rings. The lowest BCUT2D eigenvalue weighted by Crippen LogP contribution is -2.52. The first-order valence-corrected chi connectivity index (χ1v) is 6.06. The van der Waals surface area contributed by atoms with E-state index >= 15 is 0 Å². The van der Waals surface area contributed by atoms with Crippen LogP contribution in [0.25, 0.3) is 0 Å². The lowest BCUT2D eigenvalue weighted by Gasteiger charge is -2.34. The predicted octanol–water partition coefficient (Wildman–Crippen LogP) is 0.841. The number of rotatable bonds is 4. The molecule has 1 aliphatic heterocycles. The second-order valence-corrected chi connectivity index (χ2v) is 5.10. The van der Waals surface area contributed by atoms with Crippen LogP contribution in [0.2, 0.25) is 0 Å². The zero-order valence-corrected chi connectivity index (χ0v) is 10.7. The molecule has 1 saturated heterocycles. The molecule has 1 heterocycles. The van der Waals surface area contributed by atoms with E-state index in [2.05, 4.69) is 19.2 Å². The van der Waals surface area contributed by atoms with Gasteiger partial charge in [-0.05, 0) is 18.8 Å². The molecule has 1 fully saturated rings. The molecule has 16 heavy (non-hydrogen) atoms. The van der Waals surface area contributed by atoms with E-state index in [4.69, 9.17) is 22.7 Å². The van der Waals surface area contributed by atoms with Crippen molar-refractivity contribution in [1.29, 1.82) is 0 Å². The van der Waals surface area contributed by atoms with Gasteiger partial charge in [0.25, 0.3) is 0 Å². The van der Waals surface area contributed by atoms with Crippen LogP contribution in [-0.2, 0) is 9.53 Å². The van der Waals surface area contributed by atoms with Crippen molar-refractivity contribution in [3.63, 3.8) is 0 Å². The van der Waals surface area contributed by atoms with Gasteiger partial charge in [-0.15, -0.1) is 0 Å². The first-order chi connectivity index (χ1) is 7.49. The van der Waals surface area contributed by atoms with Crippen LogP contribution in [0.4, 0.5) is 0 Å². The molecule has 0 aromatic carbocycles. The van der Waals surface area contributed by atoms with Crippen molar-refractivity contribution in [3.05, 3.63) is 0 Å². The standard InChI is InChI=1S/C11H20N2O2S/c1-8(2)7-13-10(14)11(9(12)16)3-5-15-6-4-11/h8H,3-7H2,1-2H3,(H2,12,16)(H,13,14). The average Bonchev–Trinajstić information content (AvgIpc) is 2.26. The summed E-state index contributed by atoms with van der Waals surface area (Å²) < 4.78 is 5.26. The third-order valence-corrected chi connectivity index (χ3v) is 3.31. The third-order valence-electron chi connectivity index (χ3n) is 2.92. The average molecular weight is 244 g/mol. The van der Waals surface area contributed by atoms with Crippen molar-refractivity contribution in [2.75, 3.05) is 19.8 Å². The molecule has 1 rings (SSSR count). The van der Waals surface area contributed by atoms with Gasteiger partial charge in [0.1, 0.15) is 5.41 Å². The fraction of sp³-hybridized carbons (Fsp3) is 0.818. The first kappa shape index (κ1) is 13.4. The van der Waals surface area contributed by atoms with E-state index < -0.39 is 5.41 Å². The SMILES string of the molecule is CC(C)CNC(=O)C1(C(N)=S)CCOCC1. The lowest BCUT2D eigenvalue weighted by atomic mass is 9.79. The van der Waals surface area contributed by atoms with E-state index in [9.17, 15) is 4.79 Å². The first-order valence-electron chi connectivity index (χ1n) is 5.65. The molecular weight excluding hydrogens is 224 g/mol. The van der Waals surface area contributed by atoms with Crippen molar-refractivity contribution < 1.29 is 9.53 Å². The van der Waals surface area contributed by atoms with Crippen LogP contribution in [0.15, 0.2) is 0 Å². The fourth-order valence-electron chi connectivity index (χ4n) is 1.77. The highest BCUT2D eigenvalue weighted by atomic mass is 32.1. The maximum absolute atomic E-state index is 12.1. The summed E-state index contributed by atoms with van der Waals surface area (Å²) in [6.07, 6.45) is 1.18. The Bertz CT molecular complexity index is 273. The van der Waals surface area contributed by atoms with Gasteiger partial charge in [0.05, 0.1) is 4.99 Å². The highest BCUT2D eigenvalue weighted by molar-refractivity contribution is 7.80. The molecular formula is C11H20N2O2S. The molecule has 3 N–H and O–H groups in total. The number of thiocarbonyl (C=S) groups is 1. The Labute approximate surface area is 102 Å². The number of nitrogens with one attached hydrogen (secondary N) is 1. The molecule has 5 heteroatoms. The second-order valence-electron chi connectivity index (χ2n) is 4.66. The minimum Gasteiger partial charge on any atom is -0.392 e. The topological polar surface area (TPSA) is 64.4 Å². The van der Waals surface area contributed by atoms with Crippen LogP contribution in [-0.4, -0.2) is 30.7 Å². The summed E-state index contributed by atoms with van der Waals surface area (Å²) in [5.41, 5.74) is 5.03. The molecule has 0 bridgehead atoms. The normalized spacial score (nSPS) is 19.4. The van der Waals surface area contributed by atoms with E-state index in [0.29, 0.717) is 38.5 Å². The summed E-state index contributed by atoms with van der Waals surface area (Å²) in [6, 6.07) is 0. The molecule has 1 amide bonds. The lowest BCUT2D eigenvalue weighted by molar-refractivity contribution is -0.131. The molecule has 0 spiro atoms. The maximum atomic E-state index is 12.1. The Kier molecular flexibility index (Phi) is 4.68. The van der Waals surface area contributed by atoms with E-state index in [1.807, 2.05) is 0 Å². The molecule has 0 atom stereocenters. The van der Waals surface area contributed by atoms with Gasteiger partial charge < -0.3 is 15.8 Å². The Balaban J connectivity index is 2.69. The summed E-state index contributed by atoms with van der Waals surface area (Å²) in [5.74, 6) is 0.379. The van der Waals surface area contributed by atoms with Gasteiger partial charge in [0, 0.05) is 19.8 Å². The fourth-order valence-corrected chi connectivity index (χ4v) is 2.07. The van der Waals surface area contributed by atoms with Crippen molar-refractivity contribution in [3.8, 4) is 0 Å². The molecule has 0 saturated carbocycles. The second kappa shape index (κ2) is 5.59. The van der Waals surface area contributed by atoms with E-state index in [0.717, 1.165) is 0 Å². The molecule has 0 unspecified atom stereocenters. The van der Waals surface area contributed by atoms with Crippen LogP contribution in [0.3, 0.4) is 0 Å². The number of hydrogen-bond acceptors (Lipinski definition) is 3. The monoisotopic (exact) mass is 244 g/mol. The summed E-state index contributed by atoms with van der Waals surface area (Å²) in [7, 11) is 0. The van der Waals surface area contributed by atoms with Gasteiger partial charge in [-0.2, -0.15) is 0 Å². The largest absolute Gasteiger partial charge is 0.392 e. The Morgan fingerprint density at radius 2 is 2.06 bits per heavy atom. The quantitative estimate of drug-likeness (QED) is 0.719. The zero-order chi connectivity index (χ0) is 12.2. The molecule has 0 aliphatic carbocycles. The van der Waals surface area contributed by atoms with Crippen LogP contribution in [0.1, 0.15) is 26.7 Å². The van der Waals surface area contributed by atoms with Gasteiger partial charge in [-0.3, -0.25) is 4.79 Å². The van der Waals surface area contributed by atoms with Crippen molar-refractivity contribution in [2.45, 2.75) is 26.7 Å². The van der Waals surface area contributed by atoms with Gasteiger partial charge in [0.15, 0.2) is 0 Å². The van der Waals surface area contributed by atoms with Gasteiger partial charge in [0.2, 0.25) is 5.91 Å². The summed E-state index contributed by atoms with van der Waals surface area (Å²) >= 11 is 5.05. The van der Waals surface area contributed by atoms with Crippen molar-refractivity contribution in [2.24, 2.45) is 17.1 Å². The Morgan fingerprint density at radius 3 is 2.50 bits per heavy atom. The number of amides is 1. The van der Waals surface area contributed by atoms with Gasteiger partial charge >= 0.3 is 0 Å². The van der Waals surface area contributed by atoms with Crippen LogP contribution < -0.4 is 11.1 Å². The van der Waals surface area contributed by atoms with Crippen molar-refractivity contribution >= 4 is 23.1 Å². The van der Waals surface area contributed by atoms with Gasteiger partial charge in [-0.1, -0.05) is 26.1 Å². The van der Waals surface area contributed by atoms with Crippen LogP contribution in [0, 0.1) is 11.3 Å².